The average Bonchev–Trinajstić information content (AvgIpc) is 2.35. The van der Waals surface area contributed by atoms with Gasteiger partial charge < -0.3 is 15.2 Å². The molecule has 2 aromatic rings. The second kappa shape index (κ2) is 4.74. The number of rotatable bonds is 3. The number of anilines is 1. The van der Waals surface area contributed by atoms with Crippen molar-refractivity contribution in [2.45, 2.75) is 6.92 Å². The fourth-order valence-electron chi connectivity index (χ4n) is 1.49. The van der Waals surface area contributed by atoms with Gasteiger partial charge in [0.2, 0.25) is 5.88 Å². The summed E-state index contributed by atoms with van der Waals surface area (Å²) in [5.41, 5.74) is 7.11. The molecule has 0 unspecified atom stereocenters. The summed E-state index contributed by atoms with van der Waals surface area (Å²) in [6, 6.07) is 9.11. The predicted molar refractivity (Wildman–Crippen MR) is 66.5 cm³/mol. The number of pyridine rings is 1. The molecular weight excluding hydrogens is 216 g/mol. The molecule has 1 heterocycles. The Morgan fingerprint density at radius 3 is 2.53 bits per heavy atom. The zero-order valence-corrected chi connectivity index (χ0v) is 9.81. The van der Waals surface area contributed by atoms with Crippen LogP contribution in [0, 0.1) is 6.92 Å². The van der Waals surface area contributed by atoms with Crippen LogP contribution in [0.2, 0.25) is 0 Å². The molecule has 2 rings (SSSR count). The van der Waals surface area contributed by atoms with E-state index in [1.807, 2.05) is 25.1 Å². The quantitative estimate of drug-likeness (QED) is 0.880. The molecule has 0 saturated heterocycles. The molecule has 1 aromatic heterocycles. The first kappa shape index (κ1) is 11.3. The Hall–Kier alpha value is -2.23. The van der Waals surface area contributed by atoms with E-state index in [0.29, 0.717) is 11.6 Å². The monoisotopic (exact) mass is 230 g/mol. The van der Waals surface area contributed by atoms with Gasteiger partial charge in [0.1, 0.15) is 11.5 Å². The first-order chi connectivity index (χ1) is 8.20. The molecular formula is C13H14N2O2. The number of hydrogen-bond acceptors (Lipinski definition) is 4. The number of aromatic nitrogens is 1. The van der Waals surface area contributed by atoms with E-state index in [2.05, 4.69) is 4.98 Å². The number of nitrogen functional groups attached to an aromatic ring is 1. The van der Waals surface area contributed by atoms with Gasteiger partial charge in [0.25, 0.3) is 0 Å². The molecule has 88 valence electrons. The van der Waals surface area contributed by atoms with Crippen molar-refractivity contribution in [3.05, 3.63) is 42.1 Å². The fraction of sp³-hybridized carbons (Fsp3) is 0.154. The molecule has 0 spiro atoms. The Morgan fingerprint density at radius 1 is 1.12 bits per heavy atom. The summed E-state index contributed by atoms with van der Waals surface area (Å²) in [6.07, 6.45) is 1.56. The highest BCUT2D eigenvalue weighted by Gasteiger charge is 2.06. The lowest BCUT2D eigenvalue weighted by Crippen LogP contribution is -1.94. The third kappa shape index (κ3) is 2.47. The second-order valence-corrected chi connectivity index (χ2v) is 3.62. The van der Waals surface area contributed by atoms with E-state index in [1.54, 1.807) is 25.4 Å². The molecule has 0 aliphatic heterocycles. The minimum Gasteiger partial charge on any atom is -0.496 e. The Labute approximate surface area is 100 Å². The summed E-state index contributed by atoms with van der Waals surface area (Å²) < 4.78 is 10.9. The molecule has 0 radical (unpaired) electrons. The van der Waals surface area contributed by atoms with Crippen molar-refractivity contribution >= 4 is 5.69 Å². The standard InChI is InChI=1S/C13H14N2O2/c1-9-11(16-2)4-3-5-12(9)17-13-7-6-10(14)8-15-13/h3-8H,14H2,1-2H3. The minimum absolute atomic E-state index is 0.510. The van der Waals surface area contributed by atoms with E-state index >= 15 is 0 Å². The molecule has 17 heavy (non-hydrogen) atoms. The summed E-state index contributed by atoms with van der Waals surface area (Å²) >= 11 is 0. The van der Waals surface area contributed by atoms with Crippen molar-refractivity contribution in [1.29, 1.82) is 0 Å². The Balaban J connectivity index is 2.27. The van der Waals surface area contributed by atoms with Gasteiger partial charge in [-0.05, 0) is 25.1 Å². The highest BCUT2D eigenvalue weighted by Crippen LogP contribution is 2.30. The van der Waals surface area contributed by atoms with Crippen LogP contribution in [-0.2, 0) is 0 Å². The minimum atomic E-state index is 0.510. The van der Waals surface area contributed by atoms with Crippen LogP contribution in [0.15, 0.2) is 36.5 Å². The first-order valence-electron chi connectivity index (χ1n) is 5.23. The summed E-state index contributed by atoms with van der Waals surface area (Å²) in [5, 5.41) is 0. The van der Waals surface area contributed by atoms with Gasteiger partial charge in [0, 0.05) is 11.6 Å². The highest BCUT2D eigenvalue weighted by atomic mass is 16.5. The van der Waals surface area contributed by atoms with Crippen molar-refractivity contribution in [3.63, 3.8) is 0 Å². The van der Waals surface area contributed by atoms with Gasteiger partial charge in [-0.1, -0.05) is 6.07 Å². The number of methoxy groups -OCH3 is 1. The van der Waals surface area contributed by atoms with Gasteiger partial charge in [-0.3, -0.25) is 0 Å². The van der Waals surface area contributed by atoms with Crippen molar-refractivity contribution in [2.75, 3.05) is 12.8 Å². The van der Waals surface area contributed by atoms with Gasteiger partial charge in [-0.25, -0.2) is 4.98 Å². The van der Waals surface area contributed by atoms with Gasteiger partial charge in [-0.15, -0.1) is 0 Å². The zero-order valence-electron chi connectivity index (χ0n) is 9.81. The van der Waals surface area contributed by atoms with Crippen molar-refractivity contribution in [1.82, 2.24) is 4.98 Å². The fourth-order valence-corrected chi connectivity index (χ4v) is 1.49. The average molecular weight is 230 g/mol. The summed E-state index contributed by atoms with van der Waals surface area (Å²) in [4.78, 5) is 4.08. The van der Waals surface area contributed by atoms with Crippen LogP contribution in [0.5, 0.6) is 17.4 Å². The third-order valence-corrected chi connectivity index (χ3v) is 2.43. The van der Waals surface area contributed by atoms with Crippen molar-refractivity contribution in [3.8, 4) is 17.4 Å². The normalized spacial score (nSPS) is 10.0. The van der Waals surface area contributed by atoms with Crippen LogP contribution in [0.4, 0.5) is 5.69 Å². The number of nitrogens with two attached hydrogens (primary N) is 1. The Bertz CT molecular complexity index is 509. The maximum atomic E-state index is 5.66. The maximum absolute atomic E-state index is 5.66. The SMILES string of the molecule is COc1cccc(Oc2ccc(N)cn2)c1C. The predicted octanol–water partition coefficient (Wildman–Crippen LogP) is 2.77. The van der Waals surface area contributed by atoms with Crippen molar-refractivity contribution < 1.29 is 9.47 Å². The number of hydrogen-bond donors (Lipinski definition) is 1. The van der Waals surface area contributed by atoms with Crippen LogP contribution in [-0.4, -0.2) is 12.1 Å². The van der Waals surface area contributed by atoms with Gasteiger partial charge >= 0.3 is 0 Å². The molecule has 0 amide bonds. The summed E-state index contributed by atoms with van der Waals surface area (Å²) in [7, 11) is 1.63. The topological polar surface area (TPSA) is 57.4 Å². The van der Waals surface area contributed by atoms with Gasteiger partial charge in [0.15, 0.2) is 0 Å². The van der Waals surface area contributed by atoms with Crippen LogP contribution < -0.4 is 15.2 Å². The first-order valence-corrected chi connectivity index (χ1v) is 5.23. The van der Waals surface area contributed by atoms with E-state index in [0.717, 1.165) is 17.1 Å². The molecule has 4 nitrogen and oxygen atoms in total. The smallest absolute Gasteiger partial charge is 0.219 e. The second-order valence-electron chi connectivity index (χ2n) is 3.62. The number of ether oxygens (including phenoxy) is 2. The molecule has 0 bridgehead atoms. The van der Waals surface area contributed by atoms with Crippen LogP contribution in [0.25, 0.3) is 0 Å². The third-order valence-electron chi connectivity index (χ3n) is 2.43. The van der Waals surface area contributed by atoms with E-state index in [1.165, 1.54) is 0 Å². The molecule has 0 aliphatic carbocycles. The molecule has 0 aliphatic rings. The van der Waals surface area contributed by atoms with Gasteiger partial charge in [-0.2, -0.15) is 0 Å². The molecule has 1 aromatic carbocycles. The molecule has 0 atom stereocenters. The van der Waals surface area contributed by atoms with E-state index < -0.39 is 0 Å². The van der Waals surface area contributed by atoms with E-state index in [-0.39, 0.29) is 0 Å². The van der Waals surface area contributed by atoms with E-state index in [4.69, 9.17) is 15.2 Å². The largest absolute Gasteiger partial charge is 0.496 e. The molecule has 4 heteroatoms. The van der Waals surface area contributed by atoms with Gasteiger partial charge in [0.05, 0.1) is 19.0 Å². The highest BCUT2D eigenvalue weighted by molar-refractivity contribution is 5.45. The Kier molecular flexibility index (Phi) is 3.14. The lowest BCUT2D eigenvalue weighted by molar-refractivity contribution is 0.402. The maximum Gasteiger partial charge on any atom is 0.219 e. The lowest BCUT2D eigenvalue weighted by Gasteiger charge is -2.10. The van der Waals surface area contributed by atoms with Crippen LogP contribution >= 0.6 is 0 Å². The lowest BCUT2D eigenvalue weighted by atomic mass is 10.2. The summed E-state index contributed by atoms with van der Waals surface area (Å²) in [6.45, 7) is 1.94. The molecule has 0 fully saturated rings. The van der Waals surface area contributed by atoms with Crippen LogP contribution in [0.3, 0.4) is 0 Å². The number of benzene rings is 1. The van der Waals surface area contributed by atoms with Crippen molar-refractivity contribution in [2.24, 2.45) is 0 Å². The number of nitrogens with zero attached hydrogens (tertiary/aromatic N) is 1. The van der Waals surface area contributed by atoms with Crippen LogP contribution in [0.1, 0.15) is 5.56 Å². The van der Waals surface area contributed by atoms with E-state index in [9.17, 15) is 0 Å². The molecule has 0 saturated carbocycles. The Morgan fingerprint density at radius 2 is 1.88 bits per heavy atom. The molecule has 2 N–H and O–H groups in total. The summed E-state index contributed by atoms with van der Waals surface area (Å²) in [5.74, 6) is 2.02. The zero-order chi connectivity index (χ0) is 12.3.